The van der Waals surface area contributed by atoms with Crippen LogP contribution in [-0.2, 0) is 21.7 Å². The molecule has 31 rings (SSSR count). The van der Waals surface area contributed by atoms with E-state index < -0.39 is 0 Å². The minimum atomic E-state index is -0.116. The molecule has 662 valence electrons. The average molecular weight is 1790 g/mol. The van der Waals surface area contributed by atoms with Crippen LogP contribution in [0.25, 0.3) is 230 Å². The fraction of sp³-hybridized carbons (Fsp3) is 0.0889. The SMILES string of the molecule is CC1(C)c2ccccc2-c2c1c1c(c3ccccc23)c2ccccc2n1-c1ccccn1.CC1(C)c2ccccc2-c2c1c1c3ccccc3n(-c3cccc4ccccc34)c1c1ccccc21.CC1(C)c2ccccc2-c2cc3c(cc21)c1cc2ccccc2cc1n3-c1cccc2ccccc12.CC1(C)c2ccccc2-c2ccc3c4c5ccccc5ccc4n(-c4cccc5ccccc45)c3c21. The summed E-state index contributed by atoms with van der Waals surface area (Å²) < 4.78 is 9.94. The summed E-state index contributed by atoms with van der Waals surface area (Å²) >= 11 is 0. The minimum absolute atomic E-state index is 0.0230. The largest absolute Gasteiger partial charge is 0.309 e. The number of pyridine rings is 1. The van der Waals surface area contributed by atoms with Crippen molar-refractivity contribution >= 4 is 163 Å². The third-order valence-electron chi connectivity index (χ3n) is 32.2. The Hall–Kier alpha value is -17.0. The molecule has 0 atom stereocenters. The van der Waals surface area contributed by atoms with Gasteiger partial charge in [-0.3, -0.25) is 4.57 Å². The number of hydrogen-bond acceptors (Lipinski definition) is 1. The minimum Gasteiger partial charge on any atom is -0.309 e. The van der Waals surface area contributed by atoms with Crippen LogP contribution in [0.3, 0.4) is 0 Å². The monoisotopic (exact) mass is 1790 g/mol. The van der Waals surface area contributed by atoms with Gasteiger partial charge in [-0.05, 0) is 216 Å². The van der Waals surface area contributed by atoms with Gasteiger partial charge in [0.1, 0.15) is 5.82 Å². The van der Waals surface area contributed by atoms with Gasteiger partial charge < -0.3 is 13.7 Å². The zero-order valence-electron chi connectivity index (χ0n) is 79.4. The van der Waals surface area contributed by atoms with E-state index in [1.165, 1.54) is 269 Å². The highest BCUT2D eigenvalue weighted by molar-refractivity contribution is 6.30. The van der Waals surface area contributed by atoms with Crippen molar-refractivity contribution in [2.24, 2.45) is 0 Å². The molecular weight excluding hydrogens is 1690 g/mol. The van der Waals surface area contributed by atoms with Gasteiger partial charge in [-0.25, -0.2) is 4.98 Å². The summed E-state index contributed by atoms with van der Waals surface area (Å²) in [6.45, 7) is 19.0. The highest BCUT2D eigenvalue weighted by Gasteiger charge is 2.44. The molecule has 22 aromatic carbocycles. The summed E-state index contributed by atoms with van der Waals surface area (Å²) in [5.41, 5.74) is 35.8. The molecule has 0 saturated heterocycles. The van der Waals surface area contributed by atoms with Crippen LogP contribution in [0.5, 0.6) is 0 Å². The quantitative estimate of drug-likeness (QED) is 0.173. The van der Waals surface area contributed by atoms with E-state index in [0.29, 0.717) is 0 Å². The zero-order valence-corrected chi connectivity index (χ0v) is 79.4. The lowest BCUT2D eigenvalue weighted by Crippen LogP contribution is -2.16. The Kier molecular flexibility index (Phi) is 17.6. The van der Waals surface area contributed by atoms with E-state index in [1.54, 1.807) is 0 Å². The fourth-order valence-electron chi connectivity index (χ4n) is 26.1. The Labute approximate surface area is 812 Å². The number of hydrogen-bond donors (Lipinski definition) is 0. The first kappa shape index (κ1) is 81.4. The van der Waals surface area contributed by atoms with Crippen molar-refractivity contribution in [3.8, 4) is 67.4 Å². The Balaban J connectivity index is 0.0000000917. The van der Waals surface area contributed by atoms with Crippen LogP contribution in [0.2, 0.25) is 0 Å². The molecule has 0 aliphatic heterocycles. The van der Waals surface area contributed by atoms with Crippen molar-refractivity contribution in [3.63, 3.8) is 0 Å². The standard InChI is InChI=1S/3C35H25N.C30H22N2/c1-35(2)29-16-8-7-15-26(29)27-19-20-28-32-25-14-6-4-11-23(25)18-21-31(32)36(34(28)33(27)35)30-17-9-12-22-10-3-5-13-24(22)30;1-35(2)28-19-9-7-17-26(28)31-24-15-5-6-16-25(24)34-32(33(31)35)27-18-8-10-20-30(27)36(34)29-21-11-13-22-12-3-4-14-23(22)29;1-35(2)30-16-8-7-15-26(30)27-21-34-29(20-31(27)35)28-18-23-11-3-4-12-24(23)19-33(28)36(34)32-17-9-13-22-10-5-6-14-25(22)32;1-30(2)23-15-7-5-13-21(23)26-19-11-3-4-12-20(19)27-22-14-6-8-16-24(22)32(29(27)28(26)30)25-17-9-10-18-31-25/h3*3-21H,1-2H3;3-18H,1-2H3. The molecule has 27 aromatic rings. The van der Waals surface area contributed by atoms with Crippen LogP contribution in [0.4, 0.5) is 0 Å². The summed E-state index contributed by atoms with van der Waals surface area (Å²) in [7, 11) is 0. The lowest BCUT2D eigenvalue weighted by Gasteiger charge is -2.24. The maximum Gasteiger partial charge on any atom is 0.137 e. The second kappa shape index (κ2) is 30.3. The van der Waals surface area contributed by atoms with Gasteiger partial charge in [0.25, 0.3) is 0 Å². The van der Waals surface area contributed by atoms with Crippen LogP contribution < -0.4 is 0 Å². The predicted octanol–water partition coefficient (Wildman–Crippen LogP) is 35.8. The molecule has 0 radical (unpaired) electrons. The van der Waals surface area contributed by atoms with Crippen LogP contribution in [0.15, 0.2) is 443 Å². The van der Waals surface area contributed by atoms with Gasteiger partial charge in [0.05, 0.1) is 61.2 Å². The summed E-state index contributed by atoms with van der Waals surface area (Å²) in [6, 6.07) is 160. The van der Waals surface area contributed by atoms with Gasteiger partial charge in [-0.15, -0.1) is 0 Å². The van der Waals surface area contributed by atoms with Crippen molar-refractivity contribution in [1.29, 1.82) is 0 Å². The van der Waals surface area contributed by atoms with Crippen molar-refractivity contribution in [2.75, 3.05) is 0 Å². The molecule has 4 aliphatic carbocycles. The Morgan fingerprint density at radius 2 is 0.579 bits per heavy atom. The zero-order chi connectivity index (χ0) is 93.5. The summed E-state index contributed by atoms with van der Waals surface area (Å²) in [5.74, 6) is 0.961. The van der Waals surface area contributed by atoms with Gasteiger partial charge in [-0.2, -0.15) is 0 Å². The van der Waals surface area contributed by atoms with Crippen LogP contribution in [0.1, 0.15) is 99.9 Å². The molecule has 5 heterocycles. The van der Waals surface area contributed by atoms with E-state index in [9.17, 15) is 0 Å². The maximum atomic E-state index is 4.79. The van der Waals surface area contributed by atoms with Crippen molar-refractivity contribution in [1.82, 2.24) is 23.3 Å². The normalized spacial score (nSPS) is 14.1. The smallest absolute Gasteiger partial charge is 0.137 e. The number of para-hydroxylation sites is 2. The highest BCUT2D eigenvalue weighted by atomic mass is 15.1. The molecule has 0 fully saturated rings. The van der Waals surface area contributed by atoms with Gasteiger partial charge in [0.15, 0.2) is 0 Å². The molecule has 5 heteroatoms. The Morgan fingerprint density at radius 3 is 1.16 bits per heavy atom. The molecule has 140 heavy (non-hydrogen) atoms. The lowest BCUT2D eigenvalue weighted by atomic mass is 9.79. The topological polar surface area (TPSA) is 32.6 Å². The predicted molar refractivity (Wildman–Crippen MR) is 594 cm³/mol. The van der Waals surface area contributed by atoms with Crippen LogP contribution in [-0.4, -0.2) is 23.3 Å². The van der Waals surface area contributed by atoms with Crippen molar-refractivity contribution < 1.29 is 0 Å². The Bertz CT molecular complexity index is 10000. The second-order valence-electron chi connectivity index (χ2n) is 41.0. The van der Waals surface area contributed by atoms with E-state index >= 15 is 0 Å². The highest BCUT2D eigenvalue weighted by Crippen LogP contribution is 2.61. The van der Waals surface area contributed by atoms with E-state index in [0.717, 1.165) is 5.82 Å². The first-order valence-corrected chi connectivity index (χ1v) is 49.3. The summed E-state index contributed by atoms with van der Waals surface area (Å²) in [4.78, 5) is 4.79. The molecule has 0 bridgehead atoms. The van der Waals surface area contributed by atoms with E-state index in [2.05, 4.69) is 504 Å². The van der Waals surface area contributed by atoms with Crippen molar-refractivity contribution in [3.05, 3.63) is 487 Å². The number of aromatic nitrogens is 5. The molecule has 0 N–H and O–H groups in total. The third-order valence-corrected chi connectivity index (χ3v) is 32.2. The molecule has 5 nitrogen and oxygen atoms in total. The second-order valence-corrected chi connectivity index (χ2v) is 41.0. The van der Waals surface area contributed by atoms with Crippen LogP contribution in [0, 0.1) is 0 Å². The van der Waals surface area contributed by atoms with Gasteiger partial charge in [-0.1, -0.05) is 419 Å². The van der Waals surface area contributed by atoms with Crippen LogP contribution >= 0.6 is 0 Å². The number of benzene rings is 22. The summed E-state index contributed by atoms with van der Waals surface area (Å²) in [6.07, 6.45) is 1.89. The average Bonchev–Trinajstić information content (AvgIpc) is 1.52. The Morgan fingerprint density at radius 1 is 0.179 bits per heavy atom. The van der Waals surface area contributed by atoms with E-state index in [4.69, 9.17) is 4.98 Å². The first-order valence-electron chi connectivity index (χ1n) is 49.3. The number of fused-ring (bicyclic) bond motifs is 39. The number of rotatable bonds is 4. The summed E-state index contributed by atoms with van der Waals surface area (Å²) in [5, 5.41) is 28.6. The molecule has 5 aromatic heterocycles. The molecule has 0 saturated carbocycles. The van der Waals surface area contributed by atoms with Gasteiger partial charge >= 0.3 is 0 Å². The van der Waals surface area contributed by atoms with E-state index in [-0.39, 0.29) is 21.7 Å². The first-order chi connectivity index (χ1) is 68.6. The molecule has 0 spiro atoms. The lowest BCUT2D eigenvalue weighted by molar-refractivity contribution is 0.661. The fourth-order valence-corrected chi connectivity index (χ4v) is 26.1. The third kappa shape index (κ3) is 11.5. The van der Waals surface area contributed by atoms with Gasteiger partial charge in [0.2, 0.25) is 0 Å². The van der Waals surface area contributed by atoms with Gasteiger partial charge in [0, 0.05) is 92.5 Å². The molecule has 0 unspecified atom stereocenters. The molecule has 4 aliphatic rings. The van der Waals surface area contributed by atoms with Crippen molar-refractivity contribution in [2.45, 2.75) is 77.0 Å². The maximum absolute atomic E-state index is 4.79. The molecule has 0 amide bonds. The molecular formula is C135H97N5. The number of nitrogens with zero attached hydrogens (tertiary/aromatic N) is 5. The van der Waals surface area contributed by atoms with E-state index in [1.807, 2.05) is 12.3 Å².